The van der Waals surface area contributed by atoms with Gasteiger partial charge in [-0.1, -0.05) is 12.1 Å². The first-order valence-electron chi connectivity index (χ1n) is 6.96. The third kappa shape index (κ3) is 3.89. The lowest BCUT2D eigenvalue weighted by Crippen LogP contribution is -2.46. The summed E-state index contributed by atoms with van der Waals surface area (Å²) in [4.78, 5) is 3.62. The molecule has 1 aromatic carbocycles. The van der Waals surface area contributed by atoms with Crippen molar-refractivity contribution in [3.63, 3.8) is 0 Å². The van der Waals surface area contributed by atoms with Crippen LogP contribution in [0.4, 0.5) is 17.6 Å². The highest BCUT2D eigenvalue weighted by Gasteiger charge is 2.56. The molecule has 2 N–H and O–H groups in total. The van der Waals surface area contributed by atoms with Gasteiger partial charge in [-0.2, -0.15) is 13.2 Å². The number of aromatic nitrogens is 2. The zero-order chi connectivity index (χ0) is 17.1. The average molecular weight is 331 g/mol. The van der Waals surface area contributed by atoms with E-state index in [4.69, 9.17) is 0 Å². The first-order chi connectivity index (χ1) is 10.7. The second kappa shape index (κ2) is 6.67. The molecule has 0 bridgehead atoms. The molecule has 0 amide bonds. The van der Waals surface area contributed by atoms with E-state index in [0.717, 1.165) is 10.1 Å². The number of halogens is 4. The largest absolute Gasteiger partial charge is 0.424 e. The van der Waals surface area contributed by atoms with E-state index >= 15 is 0 Å². The molecule has 126 valence electrons. The van der Waals surface area contributed by atoms with Crippen LogP contribution >= 0.6 is 0 Å². The Labute approximate surface area is 130 Å². The summed E-state index contributed by atoms with van der Waals surface area (Å²) in [6.07, 6.45) is -2.87. The molecule has 8 heteroatoms. The fourth-order valence-electron chi connectivity index (χ4n) is 2.25. The van der Waals surface area contributed by atoms with Crippen LogP contribution in [0.3, 0.4) is 0 Å². The van der Waals surface area contributed by atoms with E-state index in [0.29, 0.717) is 0 Å². The minimum Gasteiger partial charge on any atom is -0.374 e. The number of nitrogens with zero attached hydrogens (tertiary/aromatic N) is 2. The Hall–Kier alpha value is -1.93. The Morgan fingerprint density at radius 1 is 1.22 bits per heavy atom. The zero-order valence-electron chi connectivity index (χ0n) is 12.4. The Morgan fingerprint density at radius 2 is 1.87 bits per heavy atom. The van der Waals surface area contributed by atoms with Gasteiger partial charge in [-0.3, -0.25) is 0 Å². The molecule has 1 heterocycles. The van der Waals surface area contributed by atoms with E-state index in [2.05, 4.69) is 10.3 Å². The van der Waals surface area contributed by atoms with Crippen LogP contribution in [0.25, 0.3) is 0 Å². The molecule has 1 aromatic heterocycles. The van der Waals surface area contributed by atoms with E-state index in [1.54, 1.807) is 0 Å². The Kier molecular flexibility index (Phi) is 5.06. The number of rotatable bonds is 6. The van der Waals surface area contributed by atoms with Crippen molar-refractivity contribution in [3.05, 3.63) is 53.9 Å². The lowest BCUT2D eigenvalue weighted by Gasteiger charge is -2.30. The summed E-state index contributed by atoms with van der Waals surface area (Å²) < 4.78 is 53.7. The molecule has 2 aromatic rings. The van der Waals surface area contributed by atoms with Crippen LogP contribution in [0.1, 0.15) is 17.8 Å². The highest BCUT2D eigenvalue weighted by molar-refractivity contribution is 5.15. The van der Waals surface area contributed by atoms with Gasteiger partial charge in [-0.15, -0.1) is 0 Å². The van der Waals surface area contributed by atoms with Gasteiger partial charge in [-0.05, 0) is 24.2 Å². The Balaban J connectivity index is 2.00. The molecule has 1 unspecified atom stereocenters. The Morgan fingerprint density at radius 3 is 2.39 bits per heavy atom. The molecule has 0 saturated carbocycles. The van der Waals surface area contributed by atoms with Crippen molar-refractivity contribution in [1.82, 2.24) is 14.9 Å². The molecular weight excluding hydrogens is 314 g/mol. The maximum atomic E-state index is 13.3. The fourth-order valence-corrected chi connectivity index (χ4v) is 2.25. The number of hydrogen-bond acceptors (Lipinski definition) is 3. The topological polar surface area (TPSA) is 50.1 Å². The number of imidazole rings is 1. The maximum Gasteiger partial charge on any atom is 0.424 e. The zero-order valence-corrected chi connectivity index (χ0v) is 12.4. The van der Waals surface area contributed by atoms with Crippen molar-refractivity contribution in [1.29, 1.82) is 0 Å². The van der Waals surface area contributed by atoms with Gasteiger partial charge in [0.05, 0.1) is 0 Å². The van der Waals surface area contributed by atoms with E-state index in [1.807, 2.05) is 0 Å². The molecule has 0 aliphatic rings. The van der Waals surface area contributed by atoms with Crippen LogP contribution < -0.4 is 5.32 Å². The summed E-state index contributed by atoms with van der Waals surface area (Å²) in [5, 5.41) is 12.9. The van der Waals surface area contributed by atoms with Crippen molar-refractivity contribution in [3.8, 4) is 0 Å². The molecule has 23 heavy (non-hydrogen) atoms. The molecule has 0 radical (unpaired) electrons. The number of alkyl halides is 3. The van der Waals surface area contributed by atoms with Gasteiger partial charge in [-0.25, -0.2) is 9.37 Å². The quantitative estimate of drug-likeness (QED) is 0.632. The van der Waals surface area contributed by atoms with Gasteiger partial charge in [0.15, 0.2) is 0 Å². The number of hydrogen-bond donors (Lipinski definition) is 2. The van der Waals surface area contributed by atoms with Crippen LogP contribution in [-0.4, -0.2) is 27.4 Å². The van der Waals surface area contributed by atoms with Crippen LogP contribution in [0.5, 0.6) is 0 Å². The first-order valence-corrected chi connectivity index (χ1v) is 6.96. The molecule has 0 saturated heterocycles. The molecule has 1 atom stereocenters. The van der Waals surface area contributed by atoms with E-state index in [-0.39, 0.29) is 18.9 Å². The molecule has 0 aliphatic heterocycles. The highest BCUT2D eigenvalue weighted by atomic mass is 19.4. The maximum absolute atomic E-state index is 13.3. The molecule has 2 rings (SSSR count). The third-order valence-electron chi connectivity index (χ3n) is 3.57. The van der Waals surface area contributed by atoms with Crippen LogP contribution in [0.2, 0.25) is 0 Å². The number of benzene rings is 1. The normalized spacial score (nSPS) is 14.7. The summed E-state index contributed by atoms with van der Waals surface area (Å²) in [6, 6.07) is 5.63. The summed E-state index contributed by atoms with van der Waals surface area (Å²) in [5.41, 5.74) is -2.29. The lowest BCUT2D eigenvalue weighted by atomic mass is 9.97. The van der Waals surface area contributed by atoms with Crippen LogP contribution in [0.15, 0.2) is 36.7 Å². The van der Waals surface area contributed by atoms with Gasteiger partial charge >= 0.3 is 6.18 Å². The molecule has 4 nitrogen and oxygen atoms in total. The number of nitrogens with one attached hydrogen (secondary N) is 1. The van der Waals surface area contributed by atoms with Crippen LogP contribution in [-0.2, 0) is 19.2 Å². The number of aliphatic hydroxyl groups is 1. The minimum atomic E-state index is -4.84. The standard InChI is InChI=1S/C15H17F4N3O/c1-22-9-8-21-13(22)14(23,15(17,18)19)6-7-20-10-11-2-4-12(16)5-3-11/h2-5,8-9,20,23H,6-7,10H2,1H3. The summed E-state index contributed by atoms with van der Waals surface area (Å²) in [6.45, 7) is 0.190. The second-order valence-electron chi connectivity index (χ2n) is 5.27. The monoisotopic (exact) mass is 331 g/mol. The van der Waals surface area contributed by atoms with Crippen molar-refractivity contribution in [2.45, 2.75) is 24.7 Å². The van der Waals surface area contributed by atoms with E-state index in [9.17, 15) is 22.7 Å². The third-order valence-corrected chi connectivity index (χ3v) is 3.57. The fraction of sp³-hybridized carbons (Fsp3) is 0.400. The van der Waals surface area contributed by atoms with Crippen molar-refractivity contribution in [2.24, 2.45) is 7.05 Å². The predicted octanol–water partition coefficient (Wildman–Crippen LogP) is 2.49. The second-order valence-corrected chi connectivity index (χ2v) is 5.27. The SMILES string of the molecule is Cn1ccnc1C(O)(CCNCc1ccc(F)cc1)C(F)(F)F. The van der Waals surface area contributed by atoms with E-state index < -0.39 is 24.0 Å². The molecular formula is C15H17F4N3O. The van der Waals surface area contributed by atoms with Gasteiger partial charge in [0.1, 0.15) is 11.6 Å². The van der Waals surface area contributed by atoms with E-state index in [1.165, 1.54) is 43.7 Å². The smallest absolute Gasteiger partial charge is 0.374 e. The Bertz CT molecular complexity index is 639. The first kappa shape index (κ1) is 17.4. The minimum absolute atomic E-state index is 0.0831. The lowest BCUT2D eigenvalue weighted by molar-refractivity contribution is -0.272. The highest BCUT2D eigenvalue weighted by Crippen LogP contribution is 2.40. The summed E-state index contributed by atoms with van der Waals surface area (Å²) >= 11 is 0. The summed E-state index contributed by atoms with van der Waals surface area (Å²) in [7, 11) is 1.39. The van der Waals surface area contributed by atoms with Gasteiger partial charge < -0.3 is 15.0 Å². The summed E-state index contributed by atoms with van der Waals surface area (Å²) in [5.74, 6) is -0.830. The molecule has 0 fully saturated rings. The predicted molar refractivity (Wildman–Crippen MR) is 75.9 cm³/mol. The van der Waals surface area contributed by atoms with Crippen molar-refractivity contribution in [2.75, 3.05) is 6.54 Å². The van der Waals surface area contributed by atoms with Crippen molar-refractivity contribution < 1.29 is 22.7 Å². The number of aryl methyl sites for hydroxylation is 1. The molecule has 0 aliphatic carbocycles. The van der Waals surface area contributed by atoms with Gasteiger partial charge in [0.25, 0.3) is 0 Å². The van der Waals surface area contributed by atoms with Crippen LogP contribution in [0, 0.1) is 5.82 Å². The van der Waals surface area contributed by atoms with Crippen molar-refractivity contribution >= 4 is 0 Å². The molecule has 0 spiro atoms. The van der Waals surface area contributed by atoms with Gasteiger partial charge in [0, 0.05) is 32.4 Å². The van der Waals surface area contributed by atoms with Gasteiger partial charge in [0.2, 0.25) is 5.60 Å². The average Bonchev–Trinajstić information content (AvgIpc) is 2.90.